The summed E-state index contributed by atoms with van der Waals surface area (Å²) in [4.78, 5) is 29.3. The second kappa shape index (κ2) is 14.0. The summed E-state index contributed by atoms with van der Waals surface area (Å²) < 4.78 is 41.9. The predicted octanol–water partition coefficient (Wildman–Crippen LogP) is 5.41. The summed E-state index contributed by atoms with van der Waals surface area (Å²) in [5.74, 6) is -1.18. The van der Waals surface area contributed by atoms with Gasteiger partial charge in [0.05, 0.1) is 11.9 Å². The second-order valence-electron chi connectivity index (χ2n) is 11.3. The number of nitrogens with zero attached hydrogens (tertiary/aromatic N) is 2. The summed E-state index contributed by atoms with van der Waals surface area (Å²) >= 11 is 0. The fourth-order valence-electron chi connectivity index (χ4n) is 5.37. The summed E-state index contributed by atoms with van der Waals surface area (Å²) in [6, 6.07) is 21.5. The van der Waals surface area contributed by atoms with E-state index in [4.69, 9.17) is 0 Å². The van der Waals surface area contributed by atoms with Gasteiger partial charge in [0.2, 0.25) is 21.8 Å². The zero-order valence-corrected chi connectivity index (χ0v) is 25.3. The second-order valence-corrected chi connectivity index (χ2v) is 13.2. The van der Waals surface area contributed by atoms with Gasteiger partial charge in [0.25, 0.3) is 0 Å². The topological polar surface area (TPSA) is 86.8 Å². The molecule has 0 unspecified atom stereocenters. The van der Waals surface area contributed by atoms with Crippen LogP contribution in [0.2, 0.25) is 0 Å². The molecular formula is C33H40FN3O4S. The first kappa shape index (κ1) is 31.2. The average molecular weight is 594 g/mol. The van der Waals surface area contributed by atoms with Crippen LogP contribution in [-0.4, -0.2) is 50.0 Å². The normalized spacial score (nSPS) is 14.5. The first-order valence-corrected chi connectivity index (χ1v) is 16.3. The van der Waals surface area contributed by atoms with Crippen molar-refractivity contribution >= 4 is 27.5 Å². The highest BCUT2D eigenvalue weighted by Gasteiger charge is 2.34. The highest BCUT2D eigenvalue weighted by molar-refractivity contribution is 7.92. The van der Waals surface area contributed by atoms with E-state index < -0.39 is 34.3 Å². The van der Waals surface area contributed by atoms with Gasteiger partial charge in [0, 0.05) is 24.6 Å². The van der Waals surface area contributed by atoms with Crippen molar-refractivity contribution in [3.05, 3.63) is 101 Å². The molecular weight excluding hydrogens is 553 g/mol. The van der Waals surface area contributed by atoms with Gasteiger partial charge >= 0.3 is 0 Å². The third-order valence-corrected chi connectivity index (χ3v) is 8.94. The monoisotopic (exact) mass is 593 g/mol. The maximum atomic E-state index is 14.9. The molecule has 1 aliphatic rings. The summed E-state index contributed by atoms with van der Waals surface area (Å²) in [5, 5.41) is 3.11. The number of hydrogen-bond donors (Lipinski definition) is 1. The van der Waals surface area contributed by atoms with Crippen molar-refractivity contribution < 1.29 is 22.4 Å². The molecule has 0 saturated heterocycles. The molecule has 0 heterocycles. The molecule has 0 spiro atoms. The van der Waals surface area contributed by atoms with Gasteiger partial charge in [0.15, 0.2) is 0 Å². The Morgan fingerprint density at radius 2 is 1.55 bits per heavy atom. The quantitative estimate of drug-likeness (QED) is 0.304. The van der Waals surface area contributed by atoms with Crippen molar-refractivity contribution in [2.75, 3.05) is 17.1 Å². The van der Waals surface area contributed by atoms with Gasteiger partial charge in [-0.2, -0.15) is 0 Å². The Bertz CT molecular complexity index is 1460. The molecule has 0 aromatic heterocycles. The Kier molecular flexibility index (Phi) is 10.4. The van der Waals surface area contributed by atoms with Crippen LogP contribution in [0.15, 0.2) is 78.9 Å². The van der Waals surface area contributed by atoms with Gasteiger partial charge in [-0.05, 0) is 48.1 Å². The largest absolute Gasteiger partial charge is 0.352 e. The summed E-state index contributed by atoms with van der Waals surface area (Å²) in [7, 11) is -3.87. The lowest BCUT2D eigenvalue weighted by atomic mass is 10.0. The Morgan fingerprint density at radius 1 is 0.929 bits per heavy atom. The van der Waals surface area contributed by atoms with Crippen LogP contribution < -0.4 is 9.62 Å². The highest BCUT2D eigenvalue weighted by atomic mass is 32.2. The number of hydrogen-bond acceptors (Lipinski definition) is 4. The Labute approximate surface area is 248 Å². The number of anilines is 1. The number of carbonyl (C=O) groups is 2. The number of sulfonamides is 1. The van der Waals surface area contributed by atoms with Crippen LogP contribution in [0.1, 0.15) is 62.1 Å². The fourth-order valence-corrected chi connectivity index (χ4v) is 6.22. The van der Waals surface area contributed by atoms with E-state index in [0.717, 1.165) is 47.4 Å². The first-order chi connectivity index (χ1) is 20.0. The molecule has 1 aliphatic carbocycles. The summed E-state index contributed by atoms with van der Waals surface area (Å²) in [6.45, 7) is 3.36. The molecule has 0 bridgehead atoms. The van der Waals surface area contributed by atoms with E-state index in [1.54, 1.807) is 30.3 Å². The van der Waals surface area contributed by atoms with Crippen LogP contribution >= 0.6 is 0 Å². The third-order valence-electron chi connectivity index (χ3n) is 7.80. The van der Waals surface area contributed by atoms with Crippen LogP contribution in [0, 0.1) is 5.82 Å². The van der Waals surface area contributed by atoms with E-state index in [1.165, 1.54) is 11.0 Å². The van der Waals surface area contributed by atoms with Gasteiger partial charge in [-0.15, -0.1) is 0 Å². The van der Waals surface area contributed by atoms with Crippen LogP contribution in [0.3, 0.4) is 0 Å². The molecule has 9 heteroatoms. The molecule has 1 fully saturated rings. The van der Waals surface area contributed by atoms with Crippen LogP contribution in [0.4, 0.5) is 10.1 Å². The Morgan fingerprint density at radius 3 is 2.14 bits per heavy atom. The molecule has 3 aromatic carbocycles. The number of halogens is 1. The van der Waals surface area contributed by atoms with Crippen molar-refractivity contribution in [3.8, 4) is 0 Å². The van der Waals surface area contributed by atoms with Gasteiger partial charge in [-0.25, -0.2) is 12.8 Å². The Hall–Kier alpha value is -3.72. The summed E-state index contributed by atoms with van der Waals surface area (Å²) in [5.41, 5.74) is 2.45. The van der Waals surface area contributed by atoms with Crippen LogP contribution in [0.25, 0.3) is 0 Å². The van der Waals surface area contributed by atoms with E-state index in [-0.39, 0.29) is 36.4 Å². The number of nitrogens with one attached hydrogen (secondary N) is 1. The van der Waals surface area contributed by atoms with Crippen molar-refractivity contribution in [1.82, 2.24) is 10.2 Å². The zero-order chi connectivity index (χ0) is 30.3. The number of amides is 2. The lowest BCUT2D eigenvalue weighted by Gasteiger charge is -2.34. The van der Waals surface area contributed by atoms with Crippen LogP contribution in [0.5, 0.6) is 0 Å². The predicted molar refractivity (Wildman–Crippen MR) is 164 cm³/mol. The zero-order valence-electron chi connectivity index (χ0n) is 24.5. The fraction of sp³-hybridized carbons (Fsp3) is 0.394. The third kappa shape index (κ3) is 8.18. The maximum absolute atomic E-state index is 14.9. The molecule has 1 N–H and O–H groups in total. The average Bonchev–Trinajstić information content (AvgIpc) is 3.47. The van der Waals surface area contributed by atoms with E-state index in [0.29, 0.717) is 5.69 Å². The molecule has 3 aromatic rings. The number of rotatable bonds is 12. The van der Waals surface area contributed by atoms with Crippen molar-refractivity contribution in [2.45, 2.75) is 70.5 Å². The van der Waals surface area contributed by atoms with E-state index in [9.17, 15) is 22.4 Å². The van der Waals surface area contributed by atoms with Gasteiger partial charge < -0.3 is 10.2 Å². The molecule has 224 valence electrons. The Balaban J connectivity index is 1.72. The lowest BCUT2D eigenvalue weighted by Crippen LogP contribution is -2.54. The first-order valence-electron chi connectivity index (χ1n) is 14.5. The maximum Gasteiger partial charge on any atom is 0.244 e. The minimum Gasteiger partial charge on any atom is -0.352 e. The van der Waals surface area contributed by atoms with E-state index in [2.05, 4.69) is 5.32 Å². The highest BCUT2D eigenvalue weighted by Crippen LogP contribution is 2.24. The van der Waals surface area contributed by atoms with Crippen molar-refractivity contribution in [3.63, 3.8) is 0 Å². The molecule has 42 heavy (non-hydrogen) atoms. The minimum absolute atomic E-state index is 0.00757. The summed E-state index contributed by atoms with van der Waals surface area (Å²) in [6.07, 6.45) is 5.00. The minimum atomic E-state index is -3.87. The number of benzene rings is 3. The molecule has 4 rings (SSSR count). The molecule has 2 amide bonds. The molecule has 0 radical (unpaired) electrons. The standard InChI is InChI=1S/C33H40FN3O4S/c1-24(2)26-17-19-29(20-18-26)37(42(3,40)41)23-32(38)36(22-27-13-7-10-16-30(27)34)31(21-25-11-5-4-6-12-25)33(39)35-28-14-8-9-15-28/h4-7,10-13,16-20,24,28,31H,8-9,14-15,21-23H2,1-3H3,(H,35,39)/t31-/m1/s1. The molecule has 7 nitrogen and oxygen atoms in total. The van der Waals surface area contributed by atoms with Gasteiger partial charge in [0.1, 0.15) is 18.4 Å². The van der Waals surface area contributed by atoms with Crippen molar-refractivity contribution in [1.29, 1.82) is 0 Å². The smallest absolute Gasteiger partial charge is 0.244 e. The number of carbonyl (C=O) groups excluding carboxylic acids is 2. The van der Waals surface area contributed by atoms with Crippen molar-refractivity contribution in [2.24, 2.45) is 0 Å². The molecule has 0 aliphatic heterocycles. The molecule has 1 atom stereocenters. The van der Waals surface area contributed by atoms with E-state index >= 15 is 0 Å². The van der Waals surface area contributed by atoms with Gasteiger partial charge in [-0.1, -0.05) is 87.4 Å². The lowest BCUT2D eigenvalue weighted by molar-refractivity contribution is -0.140. The SMILES string of the molecule is CC(C)c1ccc(N(CC(=O)N(Cc2ccccc2F)[C@H](Cc2ccccc2)C(=O)NC2CCCC2)S(C)(=O)=O)cc1. The molecule has 1 saturated carbocycles. The van der Waals surface area contributed by atoms with Crippen LogP contribution in [-0.2, 0) is 32.6 Å². The van der Waals surface area contributed by atoms with Gasteiger partial charge in [-0.3, -0.25) is 13.9 Å². The van der Waals surface area contributed by atoms with E-state index in [1.807, 2.05) is 56.3 Å².